The molecule has 0 spiro atoms. The summed E-state index contributed by atoms with van der Waals surface area (Å²) in [5.41, 5.74) is 3.47. The molecule has 1 fully saturated rings. The van der Waals surface area contributed by atoms with Gasteiger partial charge in [0.15, 0.2) is 0 Å². The van der Waals surface area contributed by atoms with Gasteiger partial charge in [-0.3, -0.25) is 4.79 Å². The number of nitrogens with zero attached hydrogens (tertiary/aromatic N) is 1. The van der Waals surface area contributed by atoms with Crippen molar-refractivity contribution in [1.82, 2.24) is 5.43 Å². The molecule has 0 saturated heterocycles. The fourth-order valence-corrected chi connectivity index (χ4v) is 2.20. The van der Waals surface area contributed by atoms with Gasteiger partial charge in [-0.15, -0.1) is 0 Å². The molecule has 4 heteroatoms. The van der Waals surface area contributed by atoms with Crippen molar-refractivity contribution in [3.05, 3.63) is 35.6 Å². The molecule has 0 radical (unpaired) electrons. The maximum Gasteiger partial charge on any atom is 0.274 e. The largest absolute Gasteiger partial charge is 0.274 e. The van der Waals surface area contributed by atoms with Crippen molar-refractivity contribution in [2.75, 3.05) is 0 Å². The average Bonchev–Trinajstić information content (AvgIpc) is 2.37. The van der Waals surface area contributed by atoms with Crippen molar-refractivity contribution in [1.29, 1.82) is 0 Å². The van der Waals surface area contributed by atoms with Gasteiger partial charge in [0.05, 0.1) is 5.56 Å². The lowest BCUT2D eigenvalue weighted by Gasteiger charge is -2.18. The number of hydrogen-bond acceptors (Lipinski definition) is 2. The van der Waals surface area contributed by atoms with Crippen molar-refractivity contribution in [2.24, 2.45) is 11.0 Å². The lowest BCUT2D eigenvalue weighted by Crippen LogP contribution is -2.23. The summed E-state index contributed by atoms with van der Waals surface area (Å²) in [7, 11) is 0. The molecule has 3 nitrogen and oxygen atoms in total. The molecule has 1 aliphatic carbocycles. The number of amides is 1. The second kappa shape index (κ2) is 5.76. The summed E-state index contributed by atoms with van der Waals surface area (Å²) in [5.74, 6) is -0.395. The van der Waals surface area contributed by atoms with Crippen LogP contribution in [0.3, 0.4) is 0 Å². The van der Waals surface area contributed by atoms with Crippen LogP contribution in [0.2, 0.25) is 0 Å². The van der Waals surface area contributed by atoms with Crippen molar-refractivity contribution in [2.45, 2.75) is 32.6 Å². The zero-order chi connectivity index (χ0) is 13.0. The topological polar surface area (TPSA) is 41.5 Å². The Labute approximate surface area is 106 Å². The summed E-state index contributed by atoms with van der Waals surface area (Å²) in [6.45, 7) is 2.17. The van der Waals surface area contributed by atoms with Gasteiger partial charge in [0.2, 0.25) is 0 Å². The molecule has 1 amide bonds. The van der Waals surface area contributed by atoms with Gasteiger partial charge in [-0.05, 0) is 43.7 Å². The normalized spacial score (nSPS) is 21.9. The lowest BCUT2D eigenvalue weighted by atomic mass is 9.89. The van der Waals surface area contributed by atoms with Gasteiger partial charge in [-0.1, -0.05) is 19.1 Å². The van der Waals surface area contributed by atoms with E-state index in [0.29, 0.717) is 5.92 Å². The third-order valence-corrected chi connectivity index (χ3v) is 3.18. The van der Waals surface area contributed by atoms with Crippen LogP contribution in [0.1, 0.15) is 43.0 Å². The average molecular weight is 248 g/mol. The van der Waals surface area contributed by atoms with Crippen LogP contribution in [0.5, 0.6) is 0 Å². The van der Waals surface area contributed by atoms with Crippen molar-refractivity contribution in [3.8, 4) is 0 Å². The van der Waals surface area contributed by atoms with Gasteiger partial charge in [0, 0.05) is 5.71 Å². The van der Waals surface area contributed by atoms with E-state index >= 15 is 0 Å². The molecule has 0 bridgehead atoms. The van der Waals surface area contributed by atoms with Crippen LogP contribution in [-0.4, -0.2) is 11.6 Å². The molecule has 1 aliphatic rings. The van der Waals surface area contributed by atoms with Crippen LogP contribution >= 0.6 is 0 Å². The Morgan fingerprint density at radius 2 is 2.22 bits per heavy atom. The second-order valence-electron chi connectivity index (χ2n) is 4.80. The SMILES string of the molecule is C[C@H]1CCC/C(=N/NC(=O)c2ccccc2F)C1. The zero-order valence-corrected chi connectivity index (χ0v) is 10.4. The molecule has 2 rings (SSSR count). The first-order chi connectivity index (χ1) is 8.66. The summed E-state index contributed by atoms with van der Waals surface area (Å²) >= 11 is 0. The molecular formula is C14H17FN2O. The van der Waals surface area contributed by atoms with Crippen LogP contribution in [0.25, 0.3) is 0 Å². The first-order valence-corrected chi connectivity index (χ1v) is 6.27. The van der Waals surface area contributed by atoms with E-state index in [9.17, 15) is 9.18 Å². The summed E-state index contributed by atoms with van der Waals surface area (Å²) < 4.78 is 13.4. The minimum Gasteiger partial charge on any atom is -0.267 e. The maximum absolute atomic E-state index is 13.4. The Kier molecular flexibility index (Phi) is 4.07. The van der Waals surface area contributed by atoms with E-state index in [1.54, 1.807) is 12.1 Å². The Hall–Kier alpha value is -1.71. The molecule has 0 heterocycles. The Balaban J connectivity index is 2.00. The molecule has 0 aliphatic heterocycles. The number of nitrogens with one attached hydrogen (secondary N) is 1. The summed E-state index contributed by atoms with van der Waals surface area (Å²) in [4.78, 5) is 11.7. The Morgan fingerprint density at radius 1 is 1.44 bits per heavy atom. The van der Waals surface area contributed by atoms with E-state index in [1.165, 1.54) is 18.6 Å². The molecule has 0 aromatic heterocycles. The van der Waals surface area contributed by atoms with E-state index in [1.807, 2.05) is 0 Å². The Morgan fingerprint density at radius 3 is 2.94 bits per heavy atom. The summed E-state index contributed by atoms with van der Waals surface area (Å²) in [6.07, 6.45) is 4.15. The molecule has 0 unspecified atom stereocenters. The number of hydrazone groups is 1. The zero-order valence-electron chi connectivity index (χ0n) is 10.4. The fraction of sp³-hybridized carbons (Fsp3) is 0.429. The van der Waals surface area contributed by atoms with E-state index in [4.69, 9.17) is 0 Å². The van der Waals surface area contributed by atoms with Crippen LogP contribution in [0.4, 0.5) is 4.39 Å². The lowest BCUT2D eigenvalue weighted by molar-refractivity contribution is 0.0950. The highest BCUT2D eigenvalue weighted by Gasteiger charge is 2.15. The summed E-state index contributed by atoms with van der Waals surface area (Å²) in [6, 6.07) is 5.91. The molecule has 1 aromatic rings. The van der Waals surface area contributed by atoms with Crippen LogP contribution < -0.4 is 5.43 Å². The third-order valence-electron chi connectivity index (χ3n) is 3.18. The molecule has 1 aromatic carbocycles. The number of rotatable bonds is 2. The molecule has 96 valence electrons. The molecule has 1 saturated carbocycles. The number of halogens is 1. The second-order valence-corrected chi connectivity index (χ2v) is 4.80. The van der Waals surface area contributed by atoms with E-state index in [0.717, 1.165) is 25.0 Å². The Bertz CT molecular complexity index is 471. The maximum atomic E-state index is 13.4. The van der Waals surface area contributed by atoms with Gasteiger partial charge >= 0.3 is 0 Å². The standard InChI is InChI=1S/C14H17FN2O/c1-10-5-4-6-11(9-10)16-17-14(18)12-7-2-3-8-13(12)15/h2-3,7-8,10H,4-6,9H2,1H3,(H,17,18)/b16-11-/t10-/m0/s1. The third kappa shape index (κ3) is 3.15. The minimum atomic E-state index is -0.521. The molecule has 18 heavy (non-hydrogen) atoms. The predicted molar refractivity (Wildman–Crippen MR) is 68.9 cm³/mol. The molecule has 1 atom stereocenters. The summed E-state index contributed by atoms with van der Waals surface area (Å²) in [5, 5.41) is 4.10. The van der Waals surface area contributed by atoms with Gasteiger partial charge < -0.3 is 0 Å². The fourth-order valence-electron chi connectivity index (χ4n) is 2.20. The van der Waals surface area contributed by atoms with Gasteiger partial charge in [0.1, 0.15) is 5.82 Å². The highest BCUT2D eigenvalue weighted by Crippen LogP contribution is 2.20. The van der Waals surface area contributed by atoms with Crippen molar-refractivity contribution in [3.63, 3.8) is 0 Å². The number of hydrogen-bond donors (Lipinski definition) is 1. The molecule has 1 N–H and O–H groups in total. The smallest absolute Gasteiger partial charge is 0.267 e. The molecular weight excluding hydrogens is 231 g/mol. The van der Waals surface area contributed by atoms with E-state index < -0.39 is 11.7 Å². The quantitative estimate of drug-likeness (QED) is 0.803. The highest BCUT2D eigenvalue weighted by molar-refractivity contribution is 5.95. The number of carbonyl (C=O) groups is 1. The van der Waals surface area contributed by atoms with Gasteiger partial charge in [-0.2, -0.15) is 5.10 Å². The first kappa shape index (κ1) is 12.7. The highest BCUT2D eigenvalue weighted by atomic mass is 19.1. The number of carbonyl (C=O) groups excluding carboxylic acids is 1. The van der Waals surface area contributed by atoms with E-state index in [2.05, 4.69) is 17.5 Å². The van der Waals surface area contributed by atoms with Crippen molar-refractivity contribution < 1.29 is 9.18 Å². The van der Waals surface area contributed by atoms with Crippen LogP contribution in [0, 0.1) is 11.7 Å². The predicted octanol–water partition coefficient (Wildman–Crippen LogP) is 3.12. The van der Waals surface area contributed by atoms with E-state index in [-0.39, 0.29) is 5.56 Å². The van der Waals surface area contributed by atoms with Gasteiger partial charge in [-0.25, -0.2) is 9.82 Å². The van der Waals surface area contributed by atoms with Crippen molar-refractivity contribution >= 4 is 11.6 Å². The number of benzene rings is 1. The monoisotopic (exact) mass is 248 g/mol. The minimum absolute atomic E-state index is 0.0331. The van der Waals surface area contributed by atoms with Crippen LogP contribution in [0.15, 0.2) is 29.4 Å². The van der Waals surface area contributed by atoms with Gasteiger partial charge in [0.25, 0.3) is 5.91 Å². The first-order valence-electron chi connectivity index (χ1n) is 6.27. The van der Waals surface area contributed by atoms with Crippen LogP contribution in [-0.2, 0) is 0 Å².